The number of carboxylic acids is 2. The molecule has 4 aromatic rings. The summed E-state index contributed by atoms with van der Waals surface area (Å²) in [4.78, 5) is 30.6. The molecule has 0 aliphatic rings. The standard InChI is InChI=1S/2C16H16N2O3S.Mg/c2*1-9(2)8-21-13-5-4-11(6-12(13)7-17)15-18-10(3)14(22-15)16(19)20;/h2*4-6,9H,8H2,1-3H3,(H,19,20);/q;;+2/p-2. The summed E-state index contributed by atoms with van der Waals surface area (Å²) in [5, 5.41) is 41.6. The number of carbonyl (C=O) groups is 2. The SMILES string of the molecule is Cc1nc(-c2ccc(OCC(C)C)c(C#N)c2)sc1C(=O)[O-].Cc1nc(-c2ccc(OCC(C)C)c(C#N)c2)sc1C(=O)[O-].[Mg+2]. The monoisotopic (exact) mass is 654 g/mol. The summed E-state index contributed by atoms with van der Waals surface area (Å²) >= 11 is 2.08. The number of aromatic carboxylic acids is 2. The van der Waals surface area contributed by atoms with Crippen LogP contribution in [0, 0.1) is 48.3 Å². The van der Waals surface area contributed by atoms with Crippen LogP contribution in [0.3, 0.4) is 0 Å². The number of aromatic nitrogens is 2. The van der Waals surface area contributed by atoms with Gasteiger partial charge < -0.3 is 29.3 Å². The second-order valence-electron chi connectivity index (χ2n) is 10.5. The molecule has 0 aliphatic carbocycles. The Balaban J connectivity index is 0.000000307. The second-order valence-corrected chi connectivity index (χ2v) is 12.5. The Morgan fingerprint density at radius 1 is 0.756 bits per heavy atom. The van der Waals surface area contributed by atoms with Crippen LogP contribution in [0.25, 0.3) is 21.1 Å². The summed E-state index contributed by atoms with van der Waals surface area (Å²) < 4.78 is 11.2. The van der Waals surface area contributed by atoms with Crippen molar-refractivity contribution in [2.24, 2.45) is 11.8 Å². The summed E-state index contributed by atoms with van der Waals surface area (Å²) in [6, 6.07) is 14.5. The molecule has 0 aliphatic heterocycles. The van der Waals surface area contributed by atoms with Gasteiger partial charge in [-0.15, -0.1) is 22.7 Å². The number of carbonyl (C=O) groups excluding carboxylic acids is 2. The Morgan fingerprint density at radius 3 is 1.38 bits per heavy atom. The number of nitrogens with zero attached hydrogens (tertiary/aromatic N) is 4. The van der Waals surface area contributed by atoms with Gasteiger partial charge in [0.25, 0.3) is 0 Å². The molecule has 0 saturated heterocycles. The van der Waals surface area contributed by atoms with Crippen molar-refractivity contribution >= 4 is 57.7 Å². The van der Waals surface area contributed by atoms with Crippen molar-refractivity contribution in [3.8, 4) is 44.8 Å². The summed E-state index contributed by atoms with van der Waals surface area (Å²) in [5.41, 5.74) is 3.02. The summed E-state index contributed by atoms with van der Waals surface area (Å²) in [6.07, 6.45) is 0. The van der Waals surface area contributed by atoms with Crippen LogP contribution in [0.15, 0.2) is 36.4 Å². The van der Waals surface area contributed by atoms with Gasteiger partial charge in [0.1, 0.15) is 33.7 Å². The first-order valence-corrected chi connectivity index (χ1v) is 15.2. The number of carboxylic acid groups (broad SMARTS) is 2. The Labute approximate surface area is 286 Å². The van der Waals surface area contributed by atoms with E-state index in [0.717, 1.165) is 22.7 Å². The van der Waals surface area contributed by atoms with Gasteiger partial charge in [0, 0.05) is 11.1 Å². The van der Waals surface area contributed by atoms with E-state index in [9.17, 15) is 30.3 Å². The van der Waals surface area contributed by atoms with Crippen molar-refractivity contribution in [3.63, 3.8) is 0 Å². The number of benzene rings is 2. The normalized spacial score (nSPS) is 10.3. The Hall–Kier alpha value is -4.01. The number of aryl methyl sites for hydroxylation is 2. The van der Waals surface area contributed by atoms with E-state index in [1.165, 1.54) is 0 Å². The van der Waals surface area contributed by atoms with Gasteiger partial charge in [0.2, 0.25) is 0 Å². The zero-order chi connectivity index (χ0) is 32.6. The summed E-state index contributed by atoms with van der Waals surface area (Å²) in [5.74, 6) is -0.712. The van der Waals surface area contributed by atoms with Crippen LogP contribution in [0.1, 0.15) is 69.6 Å². The maximum Gasteiger partial charge on any atom is 2.00 e. The van der Waals surface area contributed by atoms with E-state index in [1.54, 1.807) is 50.2 Å². The molecule has 13 heteroatoms. The molecule has 228 valence electrons. The van der Waals surface area contributed by atoms with Crippen LogP contribution < -0.4 is 19.7 Å². The van der Waals surface area contributed by atoms with Crippen molar-refractivity contribution in [3.05, 3.63) is 68.7 Å². The molecular weight excluding hydrogens is 625 g/mol. The average Bonchev–Trinajstić information content (AvgIpc) is 3.57. The summed E-state index contributed by atoms with van der Waals surface area (Å²) in [6.45, 7) is 12.4. The maximum absolute atomic E-state index is 11.0. The molecule has 2 heterocycles. The van der Waals surface area contributed by atoms with Gasteiger partial charge in [-0.05, 0) is 62.1 Å². The number of ether oxygens (including phenoxy) is 2. The largest absolute Gasteiger partial charge is 2.00 e. The fourth-order valence-corrected chi connectivity index (χ4v) is 5.48. The molecule has 0 N–H and O–H groups in total. The van der Waals surface area contributed by atoms with Crippen molar-refractivity contribution in [2.75, 3.05) is 13.2 Å². The number of hydrogen-bond acceptors (Lipinski definition) is 12. The first-order valence-electron chi connectivity index (χ1n) is 13.6. The number of hydrogen-bond donors (Lipinski definition) is 0. The van der Waals surface area contributed by atoms with Crippen molar-refractivity contribution in [2.45, 2.75) is 41.5 Å². The fraction of sp³-hybridized carbons (Fsp3) is 0.312. The molecule has 0 spiro atoms. The molecule has 45 heavy (non-hydrogen) atoms. The van der Waals surface area contributed by atoms with Gasteiger partial charge >= 0.3 is 23.1 Å². The van der Waals surface area contributed by atoms with E-state index in [-0.39, 0.29) is 32.8 Å². The summed E-state index contributed by atoms with van der Waals surface area (Å²) in [7, 11) is 0. The molecule has 4 rings (SSSR count). The first-order chi connectivity index (χ1) is 20.8. The van der Waals surface area contributed by atoms with E-state index in [4.69, 9.17) is 9.47 Å². The van der Waals surface area contributed by atoms with Gasteiger partial charge in [-0.2, -0.15) is 10.5 Å². The van der Waals surface area contributed by atoms with Crippen LogP contribution in [0.4, 0.5) is 0 Å². The van der Waals surface area contributed by atoms with Crippen molar-refractivity contribution in [1.29, 1.82) is 10.5 Å². The second kappa shape index (κ2) is 16.9. The quantitative estimate of drug-likeness (QED) is 0.223. The molecule has 10 nitrogen and oxygen atoms in total. The zero-order valence-electron chi connectivity index (χ0n) is 25.8. The molecular formula is C32H30MgN4O6S2. The van der Waals surface area contributed by atoms with Crippen molar-refractivity contribution < 1.29 is 29.3 Å². The number of nitriles is 2. The molecule has 0 atom stereocenters. The maximum atomic E-state index is 11.0. The van der Waals surface area contributed by atoms with Crippen LogP contribution in [0.2, 0.25) is 0 Å². The molecule has 0 radical (unpaired) electrons. The molecule has 2 aromatic heterocycles. The van der Waals surface area contributed by atoms with Crippen LogP contribution in [-0.2, 0) is 0 Å². The minimum absolute atomic E-state index is 0. The van der Waals surface area contributed by atoms with E-state index < -0.39 is 11.9 Å². The third-order valence-corrected chi connectivity index (χ3v) is 8.18. The minimum Gasteiger partial charge on any atom is -0.544 e. The zero-order valence-corrected chi connectivity index (χ0v) is 28.8. The molecule has 0 bridgehead atoms. The van der Waals surface area contributed by atoms with Crippen LogP contribution in [0.5, 0.6) is 11.5 Å². The van der Waals surface area contributed by atoms with E-state index in [0.29, 0.717) is 80.2 Å². The van der Waals surface area contributed by atoms with Gasteiger partial charge in [-0.3, -0.25) is 0 Å². The number of thiazole rings is 2. The Bertz CT molecular complexity index is 1620. The van der Waals surface area contributed by atoms with Gasteiger partial charge in [0.15, 0.2) is 0 Å². The predicted octanol–water partition coefficient (Wildman–Crippen LogP) is 4.40. The Kier molecular flexibility index (Phi) is 14.0. The topological polar surface area (TPSA) is 172 Å². The van der Waals surface area contributed by atoms with Crippen LogP contribution in [-0.4, -0.2) is 58.2 Å². The average molecular weight is 655 g/mol. The van der Waals surface area contributed by atoms with Gasteiger partial charge in [-0.1, -0.05) is 27.7 Å². The molecule has 0 amide bonds. The van der Waals surface area contributed by atoms with Crippen molar-refractivity contribution in [1.82, 2.24) is 9.97 Å². The number of rotatable bonds is 10. The van der Waals surface area contributed by atoms with Gasteiger partial charge in [-0.25, -0.2) is 9.97 Å². The van der Waals surface area contributed by atoms with E-state index in [1.807, 2.05) is 27.7 Å². The fourth-order valence-electron chi connectivity index (χ4n) is 3.68. The van der Waals surface area contributed by atoms with E-state index in [2.05, 4.69) is 22.1 Å². The van der Waals surface area contributed by atoms with Crippen LogP contribution >= 0.6 is 22.7 Å². The third-order valence-electron chi connectivity index (χ3n) is 5.80. The molecule has 0 fully saturated rings. The van der Waals surface area contributed by atoms with Gasteiger partial charge in [0.05, 0.1) is 57.4 Å². The van der Waals surface area contributed by atoms with E-state index >= 15 is 0 Å². The molecule has 0 unspecified atom stereocenters. The minimum atomic E-state index is -1.24. The molecule has 2 aromatic carbocycles. The Morgan fingerprint density at radius 2 is 1.11 bits per heavy atom. The third kappa shape index (κ3) is 9.99. The predicted molar refractivity (Wildman–Crippen MR) is 169 cm³/mol. The smallest absolute Gasteiger partial charge is 0.544 e. The molecule has 0 saturated carbocycles. The first kappa shape index (κ1) is 37.2.